The third-order valence-corrected chi connectivity index (χ3v) is 3.68. The van der Waals surface area contributed by atoms with E-state index >= 15 is 0 Å². The summed E-state index contributed by atoms with van der Waals surface area (Å²) >= 11 is 9.51. The lowest BCUT2D eigenvalue weighted by Crippen LogP contribution is -2.13. The first-order valence-electron chi connectivity index (χ1n) is 5.76. The van der Waals surface area contributed by atoms with E-state index in [1.54, 1.807) is 0 Å². The van der Waals surface area contributed by atoms with Crippen molar-refractivity contribution in [2.45, 2.75) is 19.9 Å². The molecule has 0 aromatic heterocycles. The number of hydrogen-bond acceptors (Lipinski definition) is 1. The average Bonchev–Trinajstić information content (AvgIpc) is 2.26. The van der Waals surface area contributed by atoms with Crippen LogP contribution in [0, 0.1) is 13.8 Å². The van der Waals surface area contributed by atoms with Crippen molar-refractivity contribution < 1.29 is 0 Å². The first-order valence-corrected chi connectivity index (χ1v) is 6.93. The Morgan fingerprint density at radius 2 is 1.83 bits per heavy atom. The number of benzene rings is 2. The second kappa shape index (κ2) is 5.43. The highest BCUT2D eigenvalue weighted by atomic mass is 79.9. The Hall–Kier alpha value is -0.830. The molecule has 0 amide bonds. The Kier molecular flexibility index (Phi) is 4.10. The quantitative estimate of drug-likeness (QED) is 0.846. The van der Waals surface area contributed by atoms with Crippen LogP contribution in [-0.4, -0.2) is 0 Å². The van der Waals surface area contributed by atoms with E-state index in [4.69, 9.17) is 17.3 Å². The molecule has 0 aliphatic heterocycles. The fourth-order valence-electron chi connectivity index (χ4n) is 2.11. The number of halogens is 2. The van der Waals surface area contributed by atoms with E-state index < -0.39 is 0 Å². The van der Waals surface area contributed by atoms with Crippen molar-refractivity contribution >= 4 is 27.5 Å². The van der Waals surface area contributed by atoms with E-state index in [-0.39, 0.29) is 6.04 Å². The maximum Gasteiger partial charge on any atom is 0.0555 e. The molecule has 0 aliphatic rings. The maximum atomic E-state index is 6.33. The molecule has 0 spiro atoms. The molecule has 0 bridgehead atoms. The van der Waals surface area contributed by atoms with Gasteiger partial charge in [0.15, 0.2) is 0 Å². The fourth-order valence-corrected chi connectivity index (χ4v) is 3.00. The van der Waals surface area contributed by atoms with Gasteiger partial charge in [-0.1, -0.05) is 51.3 Å². The fraction of sp³-hybridized carbons (Fsp3) is 0.200. The number of nitrogens with two attached hydrogens (primary N) is 1. The van der Waals surface area contributed by atoms with Crippen molar-refractivity contribution in [3.8, 4) is 0 Å². The molecule has 3 heteroatoms. The number of rotatable bonds is 2. The summed E-state index contributed by atoms with van der Waals surface area (Å²) in [6.45, 7) is 4.17. The van der Waals surface area contributed by atoms with Gasteiger partial charge in [0.1, 0.15) is 0 Å². The SMILES string of the molecule is Cc1ccc(C(N)c2cc(Cl)cc(Br)c2)c(C)c1. The van der Waals surface area contributed by atoms with Crippen molar-refractivity contribution in [2.75, 3.05) is 0 Å². The molecule has 2 N–H and O–H groups in total. The molecule has 0 saturated heterocycles. The van der Waals surface area contributed by atoms with Gasteiger partial charge < -0.3 is 5.73 Å². The summed E-state index contributed by atoms with van der Waals surface area (Å²) in [4.78, 5) is 0. The Morgan fingerprint density at radius 1 is 1.11 bits per heavy atom. The van der Waals surface area contributed by atoms with Crippen LogP contribution in [0.15, 0.2) is 40.9 Å². The summed E-state index contributed by atoms with van der Waals surface area (Å²) in [5.74, 6) is 0. The predicted octanol–water partition coefficient (Wildman–Crippen LogP) is 4.77. The first-order chi connectivity index (χ1) is 8.47. The summed E-state index contributed by atoms with van der Waals surface area (Å²) in [5.41, 5.74) is 10.9. The Bertz CT molecular complexity index is 560. The largest absolute Gasteiger partial charge is 0.320 e. The molecular weight excluding hydrogens is 310 g/mol. The Balaban J connectivity index is 2.44. The first kappa shape index (κ1) is 13.6. The normalized spacial score (nSPS) is 12.5. The van der Waals surface area contributed by atoms with Crippen LogP contribution >= 0.6 is 27.5 Å². The lowest BCUT2D eigenvalue weighted by molar-refractivity contribution is 0.860. The van der Waals surface area contributed by atoms with Gasteiger partial charge in [0.25, 0.3) is 0 Å². The minimum absolute atomic E-state index is 0.152. The van der Waals surface area contributed by atoms with Crippen molar-refractivity contribution in [1.29, 1.82) is 0 Å². The van der Waals surface area contributed by atoms with Crippen LogP contribution in [0.5, 0.6) is 0 Å². The van der Waals surface area contributed by atoms with Gasteiger partial charge >= 0.3 is 0 Å². The summed E-state index contributed by atoms with van der Waals surface area (Å²) in [6.07, 6.45) is 0. The van der Waals surface area contributed by atoms with Crippen molar-refractivity contribution in [1.82, 2.24) is 0 Å². The topological polar surface area (TPSA) is 26.0 Å². The van der Waals surface area contributed by atoms with Gasteiger partial charge in [-0.3, -0.25) is 0 Å². The standard InChI is InChI=1S/C15H15BrClN/c1-9-3-4-14(10(2)5-9)15(18)11-6-12(16)8-13(17)7-11/h3-8,15H,18H2,1-2H3. The lowest BCUT2D eigenvalue weighted by Gasteiger charge is -2.16. The second-order valence-corrected chi connectivity index (χ2v) is 5.89. The highest BCUT2D eigenvalue weighted by molar-refractivity contribution is 9.10. The maximum absolute atomic E-state index is 6.33. The van der Waals surface area contributed by atoms with Crippen LogP contribution in [-0.2, 0) is 0 Å². The van der Waals surface area contributed by atoms with Gasteiger partial charge in [-0.15, -0.1) is 0 Å². The zero-order chi connectivity index (χ0) is 13.3. The second-order valence-electron chi connectivity index (χ2n) is 4.54. The molecule has 1 unspecified atom stereocenters. The molecule has 0 aliphatic carbocycles. The molecule has 0 fully saturated rings. The summed E-state index contributed by atoms with van der Waals surface area (Å²) in [6, 6.07) is 12.0. The minimum Gasteiger partial charge on any atom is -0.320 e. The molecular formula is C15H15BrClN. The lowest BCUT2D eigenvalue weighted by atomic mass is 9.95. The smallest absolute Gasteiger partial charge is 0.0555 e. The van der Waals surface area contributed by atoms with Gasteiger partial charge in [0, 0.05) is 9.50 Å². The summed E-state index contributed by atoms with van der Waals surface area (Å²) < 4.78 is 0.949. The summed E-state index contributed by atoms with van der Waals surface area (Å²) in [5, 5.41) is 0.694. The van der Waals surface area contributed by atoms with Crippen molar-refractivity contribution in [3.05, 3.63) is 68.1 Å². The zero-order valence-electron chi connectivity index (χ0n) is 10.4. The van der Waals surface area contributed by atoms with Gasteiger partial charge in [0.05, 0.1) is 6.04 Å². The Morgan fingerprint density at radius 3 is 2.44 bits per heavy atom. The van der Waals surface area contributed by atoms with Gasteiger partial charge in [-0.05, 0) is 48.7 Å². The molecule has 94 valence electrons. The van der Waals surface area contributed by atoms with Crippen LogP contribution in [0.25, 0.3) is 0 Å². The van der Waals surface area contributed by atoms with Crippen LogP contribution < -0.4 is 5.73 Å². The van der Waals surface area contributed by atoms with E-state index in [2.05, 4.69) is 48.0 Å². The molecule has 2 rings (SSSR count). The van der Waals surface area contributed by atoms with Gasteiger partial charge in [0.2, 0.25) is 0 Å². The molecule has 2 aromatic carbocycles. The van der Waals surface area contributed by atoms with Crippen molar-refractivity contribution in [2.24, 2.45) is 5.73 Å². The van der Waals surface area contributed by atoms with Crippen molar-refractivity contribution in [3.63, 3.8) is 0 Å². The number of aryl methyl sites for hydroxylation is 2. The molecule has 0 heterocycles. The van der Waals surface area contributed by atoms with E-state index in [0.717, 1.165) is 15.6 Å². The number of hydrogen-bond donors (Lipinski definition) is 1. The third-order valence-electron chi connectivity index (χ3n) is 3.00. The molecule has 18 heavy (non-hydrogen) atoms. The van der Waals surface area contributed by atoms with Crippen LogP contribution in [0.3, 0.4) is 0 Å². The van der Waals surface area contributed by atoms with Crippen LogP contribution in [0.1, 0.15) is 28.3 Å². The monoisotopic (exact) mass is 323 g/mol. The average molecular weight is 325 g/mol. The van der Waals surface area contributed by atoms with E-state index in [0.29, 0.717) is 5.02 Å². The minimum atomic E-state index is -0.152. The molecule has 1 atom stereocenters. The predicted molar refractivity (Wildman–Crippen MR) is 81.1 cm³/mol. The molecule has 1 nitrogen and oxygen atoms in total. The van der Waals surface area contributed by atoms with Gasteiger partial charge in [-0.2, -0.15) is 0 Å². The third kappa shape index (κ3) is 2.94. The van der Waals surface area contributed by atoms with Crippen LogP contribution in [0.2, 0.25) is 5.02 Å². The van der Waals surface area contributed by atoms with E-state index in [1.807, 2.05) is 18.2 Å². The highest BCUT2D eigenvalue weighted by Gasteiger charge is 2.12. The van der Waals surface area contributed by atoms with Crippen LogP contribution in [0.4, 0.5) is 0 Å². The molecule has 2 aromatic rings. The zero-order valence-corrected chi connectivity index (χ0v) is 12.7. The summed E-state index contributed by atoms with van der Waals surface area (Å²) in [7, 11) is 0. The molecule has 0 saturated carbocycles. The molecule has 0 radical (unpaired) electrons. The highest BCUT2D eigenvalue weighted by Crippen LogP contribution is 2.28. The van der Waals surface area contributed by atoms with E-state index in [1.165, 1.54) is 11.1 Å². The Labute approximate surface area is 121 Å². The van der Waals surface area contributed by atoms with E-state index in [9.17, 15) is 0 Å². The van der Waals surface area contributed by atoms with Gasteiger partial charge in [-0.25, -0.2) is 0 Å².